The molecule has 0 N–H and O–H groups in total. The van der Waals surface area contributed by atoms with Crippen LogP contribution in [0.4, 0.5) is 0 Å². The summed E-state index contributed by atoms with van der Waals surface area (Å²) >= 11 is 0. The molecule has 0 spiro atoms. The third-order valence-corrected chi connectivity index (χ3v) is 5.49. The second kappa shape index (κ2) is 7.87. The number of benzene rings is 2. The van der Waals surface area contributed by atoms with Crippen molar-refractivity contribution in [2.45, 2.75) is 18.4 Å². The highest BCUT2D eigenvalue weighted by Gasteiger charge is 2.64. The van der Waals surface area contributed by atoms with Gasteiger partial charge < -0.3 is 19.2 Å². The van der Waals surface area contributed by atoms with Crippen LogP contribution in [0.3, 0.4) is 0 Å². The van der Waals surface area contributed by atoms with Crippen LogP contribution in [0.5, 0.6) is 5.75 Å². The molecule has 1 aliphatic carbocycles. The van der Waals surface area contributed by atoms with Crippen LogP contribution in [-0.4, -0.2) is 50.9 Å². The summed E-state index contributed by atoms with van der Waals surface area (Å²) in [6.07, 6.45) is 1.76. The van der Waals surface area contributed by atoms with E-state index in [0.29, 0.717) is 12.2 Å². The Kier molecular flexibility index (Phi) is 5.28. The van der Waals surface area contributed by atoms with Crippen molar-refractivity contribution in [2.24, 2.45) is 11.1 Å². The van der Waals surface area contributed by atoms with E-state index in [9.17, 15) is 4.79 Å². The van der Waals surface area contributed by atoms with E-state index in [1.54, 1.807) is 12.1 Å². The number of hydrogen-bond acceptors (Lipinski definition) is 6. The van der Waals surface area contributed by atoms with Crippen molar-refractivity contribution in [1.82, 2.24) is 4.90 Å². The molecule has 2 aliphatic rings. The zero-order valence-corrected chi connectivity index (χ0v) is 17.1. The lowest BCUT2D eigenvalue weighted by Gasteiger charge is -2.27. The first-order chi connectivity index (χ1) is 14.0. The number of ether oxygens (including phenoxy) is 2. The summed E-state index contributed by atoms with van der Waals surface area (Å²) < 4.78 is 11.2. The normalized spacial score (nSPS) is 23.2. The number of hydrogen-bond donors (Lipinski definition) is 0. The minimum Gasteiger partial charge on any atom is -0.481 e. The number of carbonyl (C=O) groups is 1. The first kappa shape index (κ1) is 19.5. The van der Waals surface area contributed by atoms with Crippen molar-refractivity contribution in [1.29, 1.82) is 0 Å². The summed E-state index contributed by atoms with van der Waals surface area (Å²) in [4.78, 5) is 19.5. The van der Waals surface area contributed by atoms with Gasteiger partial charge in [0.1, 0.15) is 18.0 Å². The van der Waals surface area contributed by atoms with E-state index in [-0.39, 0.29) is 11.9 Å². The second-order valence-electron chi connectivity index (χ2n) is 7.78. The van der Waals surface area contributed by atoms with Crippen LogP contribution in [0, 0.1) is 5.92 Å². The number of carbonyl (C=O) groups excluding carboxylic acids is 1. The maximum absolute atomic E-state index is 11.7. The number of fused-ring (bicyclic) bond motifs is 2. The second-order valence-corrected chi connectivity index (χ2v) is 7.78. The van der Waals surface area contributed by atoms with Gasteiger partial charge in [-0.15, -0.1) is 0 Å². The number of nitrogens with zero attached hydrogens (tertiary/aromatic N) is 2. The summed E-state index contributed by atoms with van der Waals surface area (Å²) in [5.41, 5.74) is 3.04. The average molecular weight is 394 g/mol. The average Bonchev–Trinajstić information content (AvgIpc) is 3.47. The number of para-hydroxylation sites is 1. The fourth-order valence-electron chi connectivity index (χ4n) is 3.88. The molecule has 29 heavy (non-hydrogen) atoms. The summed E-state index contributed by atoms with van der Waals surface area (Å²) in [6, 6.07) is 15.4. The number of methoxy groups -OCH3 is 1. The van der Waals surface area contributed by atoms with E-state index in [2.05, 4.69) is 10.1 Å². The van der Waals surface area contributed by atoms with Crippen LogP contribution >= 0.6 is 0 Å². The van der Waals surface area contributed by atoms with Crippen LogP contribution in [0.1, 0.15) is 34.3 Å². The van der Waals surface area contributed by atoms with Gasteiger partial charge in [0.25, 0.3) is 0 Å². The Labute approximate surface area is 171 Å². The Morgan fingerprint density at radius 2 is 1.97 bits per heavy atom. The lowest BCUT2D eigenvalue weighted by atomic mass is 9.95. The molecular weight excluding hydrogens is 368 g/mol. The molecule has 2 aromatic rings. The lowest BCUT2D eigenvalue weighted by molar-refractivity contribution is 0.0600. The van der Waals surface area contributed by atoms with Gasteiger partial charge in [0.15, 0.2) is 0 Å². The third kappa shape index (κ3) is 3.72. The largest absolute Gasteiger partial charge is 0.481 e. The maximum Gasteiger partial charge on any atom is 0.337 e. The van der Waals surface area contributed by atoms with E-state index in [0.717, 1.165) is 42.0 Å². The molecule has 0 radical (unpaired) electrons. The Hall–Kier alpha value is -2.86. The molecule has 4 rings (SSSR count). The van der Waals surface area contributed by atoms with E-state index in [1.807, 2.05) is 50.5 Å². The highest BCUT2D eigenvalue weighted by Crippen LogP contribution is 2.60. The molecule has 2 unspecified atom stereocenters. The first-order valence-electron chi connectivity index (χ1n) is 9.87. The quantitative estimate of drug-likeness (QED) is 0.409. The van der Waals surface area contributed by atoms with Gasteiger partial charge in [0, 0.05) is 18.5 Å². The standard InChI is InChI=1S/C23H26N2O4/c1-25(2)13-6-14-28-24-21-18-7-4-5-8-20(18)29-23(15-19(21)23)17-11-9-16(10-12-17)22(26)27-3/h4-5,7-12,19H,6,13-15H2,1-3H3. The molecule has 6 nitrogen and oxygen atoms in total. The van der Waals surface area contributed by atoms with Gasteiger partial charge in [-0.25, -0.2) is 4.79 Å². The van der Waals surface area contributed by atoms with Gasteiger partial charge in [-0.05, 0) is 50.3 Å². The monoisotopic (exact) mass is 394 g/mol. The number of rotatable bonds is 7. The Balaban J connectivity index is 1.57. The van der Waals surface area contributed by atoms with E-state index in [1.165, 1.54) is 7.11 Å². The van der Waals surface area contributed by atoms with Crippen LogP contribution in [0.2, 0.25) is 0 Å². The van der Waals surface area contributed by atoms with Crippen LogP contribution in [0.25, 0.3) is 0 Å². The van der Waals surface area contributed by atoms with E-state index >= 15 is 0 Å². The molecule has 0 saturated heterocycles. The van der Waals surface area contributed by atoms with Gasteiger partial charge in [-0.3, -0.25) is 0 Å². The van der Waals surface area contributed by atoms with Gasteiger partial charge >= 0.3 is 5.97 Å². The summed E-state index contributed by atoms with van der Waals surface area (Å²) in [6.45, 7) is 1.54. The predicted molar refractivity (Wildman–Crippen MR) is 110 cm³/mol. The zero-order chi connectivity index (χ0) is 20.4. The molecule has 2 aromatic carbocycles. The smallest absolute Gasteiger partial charge is 0.337 e. The van der Waals surface area contributed by atoms with Crippen molar-refractivity contribution >= 4 is 11.7 Å². The third-order valence-electron chi connectivity index (χ3n) is 5.49. The first-order valence-corrected chi connectivity index (χ1v) is 9.87. The van der Waals surface area contributed by atoms with Crippen LogP contribution in [-0.2, 0) is 15.2 Å². The van der Waals surface area contributed by atoms with Crippen molar-refractivity contribution in [3.63, 3.8) is 0 Å². The molecule has 1 saturated carbocycles. The summed E-state index contributed by atoms with van der Waals surface area (Å²) in [7, 11) is 5.48. The summed E-state index contributed by atoms with van der Waals surface area (Å²) in [5, 5.41) is 4.52. The van der Waals surface area contributed by atoms with E-state index < -0.39 is 5.60 Å². The molecule has 1 aliphatic heterocycles. The molecule has 1 heterocycles. The Bertz CT molecular complexity index is 923. The number of esters is 1. The van der Waals surface area contributed by atoms with Gasteiger partial charge in [0.05, 0.1) is 24.3 Å². The molecular formula is C23H26N2O4. The SMILES string of the molecule is COC(=O)c1ccc(C23CC2C(=NOCCCN(C)C)c2ccccc2O3)cc1. The van der Waals surface area contributed by atoms with Crippen molar-refractivity contribution < 1.29 is 19.1 Å². The number of oxime groups is 1. The lowest BCUT2D eigenvalue weighted by Crippen LogP contribution is -2.28. The molecule has 0 amide bonds. The molecule has 152 valence electrons. The van der Waals surface area contributed by atoms with Crippen LogP contribution < -0.4 is 4.74 Å². The Morgan fingerprint density at radius 3 is 2.69 bits per heavy atom. The predicted octanol–water partition coefficient (Wildman–Crippen LogP) is 3.45. The van der Waals surface area contributed by atoms with Gasteiger partial charge in [-0.2, -0.15) is 0 Å². The molecule has 1 fully saturated rings. The van der Waals surface area contributed by atoms with Crippen molar-refractivity contribution in [2.75, 3.05) is 34.4 Å². The summed E-state index contributed by atoms with van der Waals surface area (Å²) in [5.74, 6) is 0.605. The minimum absolute atomic E-state index is 0.134. The highest BCUT2D eigenvalue weighted by atomic mass is 16.6. The zero-order valence-electron chi connectivity index (χ0n) is 17.1. The fraction of sp³-hybridized carbons (Fsp3) is 0.391. The molecule has 2 atom stereocenters. The van der Waals surface area contributed by atoms with Gasteiger partial charge in [-0.1, -0.05) is 29.4 Å². The molecule has 0 bridgehead atoms. The Morgan fingerprint density at radius 1 is 1.21 bits per heavy atom. The molecule has 0 aromatic heterocycles. The minimum atomic E-state index is -0.450. The van der Waals surface area contributed by atoms with Crippen LogP contribution in [0.15, 0.2) is 53.7 Å². The molecule has 6 heteroatoms. The highest BCUT2D eigenvalue weighted by molar-refractivity contribution is 6.08. The van der Waals surface area contributed by atoms with Gasteiger partial charge in [0.2, 0.25) is 0 Å². The maximum atomic E-state index is 11.7. The topological polar surface area (TPSA) is 60.4 Å². The van der Waals surface area contributed by atoms with E-state index in [4.69, 9.17) is 14.3 Å². The van der Waals surface area contributed by atoms with Crippen molar-refractivity contribution in [3.8, 4) is 5.75 Å². The fourth-order valence-corrected chi connectivity index (χ4v) is 3.88. The van der Waals surface area contributed by atoms with Crippen molar-refractivity contribution in [3.05, 3.63) is 65.2 Å².